The minimum atomic E-state index is -6.07. The summed E-state index contributed by atoms with van der Waals surface area (Å²) in [6.45, 7) is 2.38. The highest BCUT2D eigenvalue weighted by molar-refractivity contribution is 7.86. The highest BCUT2D eigenvalue weighted by atomic mass is 32.2. The molecule has 2 bridgehead atoms. The van der Waals surface area contributed by atoms with Crippen molar-refractivity contribution in [2.24, 2.45) is 35.5 Å². The number of aliphatic hydroxyl groups is 2. The molecule has 35 heavy (non-hydrogen) atoms. The maximum Gasteiger partial charge on any atom is 0.430 e. The minimum Gasteiger partial charge on any atom is -0.458 e. The summed E-state index contributed by atoms with van der Waals surface area (Å²) in [5, 5.41) is 15.3. The molecule has 0 aromatic rings. The zero-order valence-corrected chi connectivity index (χ0v) is 19.8. The number of halogens is 2. The minimum absolute atomic E-state index is 0.199. The molecule has 1 saturated heterocycles. The Labute approximate surface area is 199 Å². The molecule has 3 aliphatic carbocycles. The van der Waals surface area contributed by atoms with Crippen molar-refractivity contribution < 1.29 is 60.6 Å². The molecule has 11 nitrogen and oxygen atoms in total. The van der Waals surface area contributed by atoms with Gasteiger partial charge in [0.25, 0.3) is 6.29 Å². The van der Waals surface area contributed by atoms with Crippen molar-refractivity contribution >= 4 is 28.0 Å². The molecule has 0 radical (unpaired) electrons. The van der Waals surface area contributed by atoms with E-state index in [1.807, 2.05) is 0 Å². The maximum absolute atomic E-state index is 13.5. The van der Waals surface area contributed by atoms with Gasteiger partial charge in [0.05, 0.1) is 23.4 Å². The molecule has 0 spiro atoms. The Morgan fingerprint density at radius 2 is 1.71 bits per heavy atom. The number of rotatable bonds is 8. The number of aliphatic hydroxyl groups excluding tert-OH is 1. The van der Waals surface area contributed by atoms with Crippen molar-refractivity contribution in [1.82, 2.24) is 0 Å². The largest absolute Gasteiger partial charge is 0.458 e. The zero-order valence-electron chi connectivity index (χ0n) is 19.0. The zero-order chi connectivity index (χ0) is 26.1. The van der Waals surface area contributed by atoms with Gasteiger partial charge in [-0.2, -0.15) is 17.2 Å². The van der Waals surface area contributed by atoms with Crippen molar-refractivity contribution in [2.75, 3.05) is 0 Å². The van der Waals surface area contributed by atoms with Crippen molar-refractivity contribution in [2.45, 2.75) is 75.3 Å². The van der Waals surface area contributed by atoms with Gasteiger partial charge in [-0.15, -0.1) is 0 Å². The quantitative estimate of drug-likeness (QED) is 0.175. The molecule has 9 unspecified atom stereocenters. The van der Waals surface area contributed by atoms with Crippen molar-refractivity contribution in [3.05, 3.63) is 0 Å². The second kappa shape index (κ2) is 8.60. The van der Waals surface area contributed by atoms with E-state index in [1.165, 1.54) is 6.92 Å². The summed E-state index contributed by atoms with van der Waals surface area (Å²) < 4.78 is 72.0. The Hall–Kier alpha value is -1.90. The third-order valence-electron chi connectivity index (χ3n) is 8.24. The van der Waals surface area contributed by atoms with Crippen LogP contribution in [0.4, 0.5) is 8.78 Å². The van der Waals surface area contributed by atoms with E-state index in [2.05, 4.69) is 4.74 Å². The van der Waals surface area contributed by atoms with Crippen molar-refractivity contribution in [3.63, 3.8) is 0 Å². The van der Waals surface area contributed by atoms with E-state index in [0.29, 0.717) is 19.3 Å². The Balaban J connectivity index is 1.43. The van der Waals surface area contributed by atoms with Crippen LogP contribution in [-0.2, 0) is 38.7 Å². The van der Waals surface area contributed by atoms with Gasteiger partial charge in [-0.1, -0.05) is 26.7 Å². The second-order valence-corrected chi connectivity index (χ2v) is 11.6. The Bertz CT molecular complexity index is 1010. The molecule has 1 heterocycles. The van der Waals surface area contributed by atoms with E-state index in [0.717, 1.165) is 19.8 Å². The van der Waals surface area contributed by atoms with Crippen LogP contribution in [0.5, 0.6) is 0 Å². The van der Waals surface area contributed by atoms with Gasteiger partial charge in [0, 0.05) is 17.8 Å². The van der Waals surface area contributed by atoms with E-state index in [4.69, 9.17) is 14.0 Å². The van der Waals surface area contributed by atoms with Crippen LogP contribution in [0.25, 0.3) is 0 Å². The molecular formula is C21H28F2O11S. The topological polar surface area (TPSA) is 174 Å². The second-order valence-electron chi connectivity index (χ2n) is 10.1. The van der Waals surface area contributed by atoms with Gasteiger partial charge >= 0.3 is 33.3 Å². The predicted octanol–water partition coefficient (Wildman–Crippen LogP) is 0.625. The van der Waals surface area contributed by atoms with Crippen LogP contribution in [0, 0.1) is 35.5 Å². The summed E-state index contributed by atoms with van der Waals surface area (Å²) in [7, 11) is -6.07. The summed E-state index contributed by atoms with van der Waals surface area (Å²) in [4.78, 5) is 37.6. The first-order valence-corrected chi connectivity index (χ1v) is 12.9. The van der Waals surface area contributed by atoms with E-state index in [-0.39, 0.29) is 11.8 Å². The third-order valence-corrected chi connectivity index (χ3v) is 9.13. The van der Waals surface area contributed by atoms with E-state index >= 15 is 0 Å². The lowest BCUT2D eigenvalue weighted by Gasteiger charge is -2.40. The van der Waals surface area contributed by atoms with Crippen LogP contribution in [0.1, 0.15) is 46.0 Å². The fraction of sp³-hybridized carbons (Fsp3) is 0.857. The van der Waals surface area contributed by atoms with Gasteiger partial charge in [-0.25, -0.2) is 0 Å². The maximum atomic E-state index is 13.5. The highest BCUT2D eigenvalue weighted by Crippen LogP contribution is 2.63. The number of carbonyl (C=O) groups excluding carboxylic acids is 3. The number of esters is 3. The Morgan fingerprint density at radius 3 is 2.29 bits per heavy atom. The normalized spacial score (nSPS) is 35.9. The highest BCUT2D eigenvalue weighted by Gasteiger charge is 2.71. The van der Waals surface area contributed by atoms with Crippen LogP contribution >= 0.6 is 0 Å². The van der Waals surface area contributed by atoms with Crippen LogP contribution in [0.3, 0.4) is 0 Å². The monoisotopic (exact) mass is 526 g/mol. The molecule has 1 aliphatic heterocycles. The van der Waals surface area contributed by atoms with Gasteiger partial charge < -0.3 is 24.4 Å². The lowest BCUT2D eigenvalue weighted by atomic mass is 9.68. The summed E-state index contributed by atoms with van der Waals surface area (Å²) in [5.41, 5.74) is -1.06. The summed E-state index contributed by atoms with van der Waals surface area (Å²) in [6, 6.07) is 0. The number of ether oxygens (including phenoxy) is 3. The van der Waals surface area contributed by atoms with Gasteiger partial charge in [0.1, 0.15) is 12.2 Å². The molecular weight excluding hydrogens is 498 g/mol. The van der Waals surface area contributed by atoms with Crippen LogP contribution < -0.4 is 0 Å². The first-order chi connectivity index (χ1) is 16.1. The number of hydrogen-bond acceptors (Lipinski definition) is 10. The molecule has 0 amide bonds. The van der Waals surface area contributed by atoms with E-state index in [1.54, 1.807) is 0 Å². The molecule has 0 aromatic carbocycles. The number of carbonyl (C=O) groups is 3. The molecule has 14 heteroatoms. The predicted molar refractivity (Wildman–Crippen MR) is 109 cm³/mol. The number of alkyl halides is 2. The molecule has 3 saturated carbocycles. The van der Waals surface area contributed by atoms with E-state index < -0.39 is 81.1 Å². The Morgan fingerprint density at radius 1 is 1.14 bits per heavy atom. The summed E-state index contributed by atoms with van der Waals surface area (Å²) in [6.07, 6.45) is -1.77. The van der Waals surface area contributed by atoms with Gasteiger partial charge in [0.2, 0.25) is 0 Å². The lowest BCUT2D eigenvalue weighted by Crippen LogP contribution is -2.50. The first kappa shape index (κ1) is 26.2. The SMILES string of the molecule is CC(C(=O)OC1C2CC3C1OC(=O)C3C2C1(O)CCCC1)C(C)C(=O)OC(O)C(F)(F)S(=O)(=O)O. The smallest absolute Gasteiger partial charge is 0.430 e. The average molecular weight is 527 g/mol. The van der Waals surface area contributed by atoms with Crippen molar-refractivity contribution in [1.29, 1.82) is 0 Å². The van der Waals surface area contributed by atoms with Gasteiger partial charge in [-0.3, -0.25) is 18.9 Å². The molecule has 4 rings (SSSR count). The summed E-state index contributed by atoms with van der Waals surface area (Å²) >= 11 is 0. The first-order valence-electron chi connectivity index (χ1n) is 11.5. The summed E-state index contributed by atoms with van der Waals surface area (Å²) in [5.74, 6) is -6.98. The molecule has 3 N–H and O–H groups in total. The molecule has 198 valence electrons. The van der Waals surface area contributed by atoms with Crippen LogP contribution in [0.15, 0.2) is 0 Å². The van der Waals surface area contributed by atoms with Crippen LogP contribution in [0.2, 0.25) is 0 Å². The Kier molecular flexibility index (Phi) is 6.43. The fourth-order valence-corrected chi connectivity index (χ4v) is 6.57. The third kappa shape index (κ3) is 4.11. The number of fused-ring (bicyclic) bond motifs is 1. The van der Waals surface area contributed by atoms with Crippen LogP contribution in [-0.4, -0.2) is 70.4 Å². The van der Waals surface area contributed by atoms with Gasteiger partial charge in [-0.05, 0) is 19.3 Å². The standard InChI is InChI=1S/C21H28F2O11S/c1-8(9(2)17(25)34-19(27)21(22,23)35(29,30)31)16(24)32-15-11-7-10-12(18(26)33-14(10)15)13(11)20(28)5-3-4-6-20/h8-15,19,27-28H,3-7H2,1-2H3,(H,29,30,31). The molecule has 0 aromatic heterocycles. The lowest BCUT2D eigenvalue weighted by molar-refractivity contribution is -0.211. The fourth-order valence-electron chi connectivity index (χ4n) is 6.26. The molecule has 4 aliphatic rings. The van der Waals surface area contributed by atoms with Crippen molar-refractivity contribution in [3.8, 4) is 0 Å². The molecule has 4 fully saturated rings. The molecule has 9 atom stereocenters. The average Bonchev–Trinajstić information content (AvgIpc) is 3.50. The van der Waals surface area contributed by atoms with E-state index in [9.17, 15) is 41.8 Å². The van der Waals surface area contributed by atoms with Gasteiger partial charge in [0.15, 0.2) is 0 Å². The number of hydrogen-bond donors (Lipinski definition) is 3.